The highest BCUT2D eigenvalue weighted by molar-refractivity contribution is 6.40. The molecule has 7 heteroatoms. The summed E-state index contributed by atoms with van der Waals surface area (Å²) in [4.78, 5) is 34.6. The van der Waals surface area contributed by atoms with E-state index in [9.17, 15) is 9.59 Å². The van der Waals surface area contributed by atoms with Crippen molar-refractivity contribution in [3.63, 3.8) is 0 Å². The molecule has 43 heavy (non-hydrogen) atoms. The predicted molar refractivity (Wildman–Crippen MR) is 169 cm³/mol. The number of Topliss-reactive ketones (excluding diaryl/α,β-unsaturated/α-hetero) is 2. The second-order valence-corrected chi connectivity index (χ2v) is 12.2. The largest absolute Gasteiger partial charge is 0.456 e. The van der Waals surface area contributed by atoms with Crippen LogP contribution >= 0.6 is 0 Å². The van der Waals surface area contributed by atoms with Gasteiger partial charge in [-0.05, 0) is 55.1 Å². The topological polar surface area (TPSA) is 86.4 Å². The number of pyridine rings is 1. The fourth-order valence-corrected chi connectivity index (χ4v) is 5.33. The summed E-state index contributed by atoms with van der Waals surface area (Å²) in [6.45, 7) is 10.1. The lowest BCUT2D eigenvalue weighted by atomic mass is 9.92. The number of aliphatic imine (C=N–C) groups is 1. The highest BCUT2D eigenvalue weighted by Gasteiger charge is 2.24. The Morgan fingerprint density at radius 3 is 2.40 bits per heavy atom. The maximum atomic E-state index is 13.6. The zero-order valence-electron chi connectivity index (χ0n) is 25.1. The summed E-state index contributed by atoms with van der Waals surface area (Å²) >= 11 is 0. The number of aromatic nitrogens is 3. The number of fused-ring (bicyclic) bond motifs is 2. The number of nitrogens with zero attached hydrogens (tertiary/aromatic N) is 4. The summed E-state index contributed by atoms with van der Waals surface area (Å²) in [5.41, 5.74) is 5.85. The van der Waals surface area contributed by atoms with Gasteiger partial charge in [0.1, 0.15) is 17.3 Å². The Hall–Kier alpha value is -4.91. The summed E-state index contributed by atoms with van der Waals surface area (Å²) in [6.07, 6.45) is 2.38. The Labute approximate surface area is 251 Å². The predicted octanol–water partition coefficient (Wildman–Crippen LogP) is 7.39. The van der Waals surface area contributed by atoms with Gasteiger partial charge in [0.25, 0.3) is 0 Å². The van der Waals surface area contributed by atoms with Gasteiger partial charge >= 0.3 is 0 Å². The first-order valence-corrected chi connectivity index (χ1v) is 14.5. The van der Waals surface area contributed by atoms with E-state index in [2.05, 4.69) is 55.9 Å². The van der Waals surface area contributed by atoms with Gasteiger partial charge in [0.2, 0.25) is 0 Å². The van der Waals surface area contributed by atoms with Gasteiger partial charge in [0, 0.05) is 41.8 Å². The van der Waals surface area contributed by atoms with E-state index in [1.807, 2.05) is 53.2 Å². The van der Waals surface area contributed by atoms with Crippen LogP contribution in [0.15, 0.2) is 84.0 Å². The molecule has 0 saturated carbocycles. The number of benzene rings is 3. The van der Waals surface area contributed by atoms with Crippen LogP contribution in [0.2, 0.25) is 0 Å². The molecule has 0 amide bonds. The fraction of sp³-hybridized carbons (Fsp3) is 0.250. The minimum absolute atomic E-state index is 0.0394. The molecule has 0 radical (unpaired) electrons. The molecule has 0 atom stereocenters. The zero-order valence-corrected chi connectivity index (χ0v) is 25.1. The summed E-state index contributed by atoms with van der Waals surface area (Å²) in [5, 5.41) is 6.73. The van der Waals surface area contributed by atoms with Gasteiger partial charge in [-0.15, -0.1) is 0 Å². The van der Waals surface area contributed by atoms with E-state index < -0.39 is 0 Å². The van der Waals surface area contributed by atoms with Gasteiger partial charge in [-0.2, -0.15) is 5.10 Å². The number of ether oxygens (including phenoxy) is 1. The quantitative estimate of drug-likeness (QED) is 0.204. The molecule has 7 nitrogen and oxygen atoms in total. The fourth-order valence-electron chi connectivity index (χ4n) is 5.33. The Bertz CT molecular complexity index is 1910. The monoisotopic (exact) mass is 570 g/mol. The molecule has 0 bridgehead atoms. The molecule has 5 aromatic rings. The van der Waals surface area contributed by atoms with Crippen molar-refractivity contribution in [1.29, 1.82) is 0 Å². The zero-order chi connectivity index (χ0) is 30.3. The van der Waals surface area contributed by atoms with E-state index in [4.69, 9.17) is 9.84 Å². The van der Waals surface area contributed by atoms with E-state index in [1.165, 1.54) is 5.56 Å². The van der Waals surface area contributed by atoms with Gasteiger partial charge in [0.15, 0.2) is 11.6 Å². The maximum Gasteiger partial charge on any atom is 0.181 e. The second-order valence-electron chi connectivity index (χ2n) is 12.2. The molecule has 0 saturated heterocycles. The third kappa shape index (κ3) is 5.75. The lowest BCUT2D eigenvalue weighted by molar-refractivity contribution is -0.118. The number of carbonyl (C=O) groups is 2. The summed E-state index contributed by atoms with van der Waals surface area (Å²) < 4.78 is 8.28. The smallest absolute Gasteiger partial charge is 0.181 e. The third-order valence-electron chi connectivity index (χ3n) is 7.79. The van der Waals surface area contributed by atoms with Crippen LogP contribution in [-0.2, 0) is 34.3 Å². The van der Waals surface area contributed by atoms with Crippen molar-refractivity contribution in [2.24, 2.45) is 4.99 Å². The molecule has 216 valence electrons. The van der Waals surface area contributed by atoms with Crippen molar-refractivity contribution in [3.05, 3.63) is 107 Å². The molecule has 1 aliphatic heterocycles. The van der Waals surface area contributed by atoms with Crippen LogP contribution in [0.4, 0.5) is 5.82 Å². The number of ketones is 2. The molecule has 6 rings (SSSR count). The van der Waals surface area contributed by atoms with Crippen molar-refractivity contribution in [2.75, 3.05) is 0 Å². The van der Waals surface area contributed by atoms with Crippen LogP contribution in [0.25, 0.3) is 16.5 Å². The van der Waals surface area contributed by atoms with E-state index in [1.54, 1.807) is 19.2 Å². The molecule has 0 spiro atoms. The lowest BCUT2D eigenvalue weighted by Gasteiger charge is -2.17. The summed E-state index contributed by atoms with van der Waals surface area (Å²) in [6, 6.07) is 23.8. The van der Waals surface area contributed by atoms with Crippen LogP contribution in [0.5, 0.6) is 11.5 Å². The highest BCUT2D eigenvalue weighted by atomic mass is 16.5. The molecular weight excluding hydrogens is 536 g/mol. The van der Waals surface area contributed by atoms with Crippen LogP contribution in [0, 0.1) is 6.92 Å². The molecule has 0 fully saturated rings. The second kappa shape index (κ2) is 11.1. The molecule has 2 aromatic heterocycles. The number of hydrogen-bond acceptors (Lipinski definition) is 6. The Kier molecular flexibility index (Phi) is 7.26. The van der Waals surface area contributed by atoms with E-state index in [0.717, 1.165) is 33.4 Å². The number of aryl methyl sites for hydroxylation is 1. The molecule has 0 unspecified atom stereocenters. The normalized spacial score (nSPS) is 13.1. The average molecular weight is 571 g/mol. The average Bonchev–Trinajstić information content (AvgIpc) is 3.40. The molecule has 3 heterocycles. The van der Waals surface area contributed by atoms with Crippen molar-refractivity contribution in [3.8, 4) is 17.2 Å². The standard InChI is InChI=1S/C36H34N4O3/c1-22-10-13-25(14-11-22)40-26(20-34(39-40)36(3,4)5)19-27(41)18-24-12-15-32(29-9-7-6-8-28(24)29)43-33-16-17-37-35-30(33)21-31(42)23(2)38-35/h6-17,20H,18-19,21H2,1-5H3. The maximum absolute atomic E-state index is 13.6. The van der Waals surface area contributed by atoms with Crippen LogP contribution < -0.4 is 4.74 Å². The molecule has 3 aromatic carbocycles. The van der Waals surface area contributed by atoms with Gasteiger partial charge in [-0.1, -0.05) is 68.8 Å². The van der Waals surface area contributed by atoms with Gasteiger partial charge in [-0.25, -0.2) is 14.7 Å². The lowest BCUT2D eigenvalue weighted by Crippen LogP contribution is -2.17. The van der Waals surface area contributed by atoms with E-state index >= 15 is 0 Å². The van der Waals surface area contributed by atoms with Crippen molar-refractivity contribution >= 4 is 33.9 Å². The van der Waals surface area contributed by atoms with Crippen LogP contribution in [0.1, 0.15) is 55.8 Å². The van der Waals surface area contributed by atoms with Gasteiger partial charge in [-0.3, -0.25) is 9.59 Å². The van der Waals surface area contributed by atoms with Crippen molar-refractivity contribution < 1.29 is 14.3 Å². The van der Waals surface area contributed by atoms with Crippen LogP contribution in [0.3, 0.4) is 0 Å². The first-order chi connectivity index (χ1) is 20.6. The minimum atomic E-state index is -0.147. The minimum Gasteiger partial charge on any atom is -0.456 e. The Morgan fingerprint density at radius 2 is 1.65 bits per heavy atom. The first kappa shape index (κ1) is 28.2. The molecule has 0 aliphatic carbocycles. The Balaban J connectivity index is 1.29. The van der Waals surface area contributed by atoms with E-state index in [-0.39, 0.29) is 36.2 Å². The summed E-state index contributed by atoms with van der Waals surface area (Å²) in [7, 11) is 0. The number of rotatable bonds is 7. The molecule has 1 aliphatic rings. The van der Waals surface area contributed by atoms with Crippen molar-refractivity contribution in [1.82, 2.24) is 14.8 Å². The molecular formula is C36H34N4O3. The number of carbonyl (C=O) groups excluding carboxylic acids is 2. The summed E-state index contributed by atoms with van der Waals surface area (Å²) in [5.74, 6) is 1.78. The molecule has 0 N–H and O–H groups in total. The highest BCUT2D eigenvalue weighted by Crippen LogP contribution is 2.37. The van der Waals surface area contributed by atoms with Gasteiger partial charge in [0.05, 0.1) is 22.8 Å². The first-order valence-electron chi connectivity index (χ1n) is 14.5. The van der Waals surface area contributed by atoms with Crippen LogP contribution in [-0.4, -0.2) is 32.0 Å². The van der Waals surface area contributed by atoms with Crippen molar-refractivity contribution in [2.45, 2.75) is 59.3 Å². The van der Waals surface area contributed by atoms with Gasteiger partial charge < -0.3 is 4.74 Å². The Morgan fingerprint density at radius 1 is 0.907 bits per heavy atom. The van der Waals surface area contributed by atoms with E-state index in [0.29, 0.717) is 28.6 Å². The third-order valence-corrected chi connectivity index (χ3v) is 7.79. The number of hydrogen-bond donors (Lipinski definition) is 0. The SMILES string of the molecule is CC1=Nc2nccc(Oc3ccc(CC(=O)Cc4cc(C(C)(C)C)nn4-c4ccc(C)cc4)c4ccccc34)c2CC1=O.